The fourth-order valence-electron chi connectivity index (χ4n) is 1.57. The number of hydrogen-bond acceptors (Lipinski definition) is 5. The maximum atomic E-state index is 9.41. The van der Waals surface area contributed by atoms with E-state index in [-0.39, 0.29) is 5.75 Å². The third-order valence-electron chi connectivity index (χ3n) is 2.30. The summed E-state index contributed by atoms with van der Waals surface area (Å²) in [7, 11) is 0. The molecule has 1 heterocycles. The van der Waals surface area contributed by atoms with Crippen molar-refractivity contribution >= 4 is 5.82 Å². The van der Waals surface area contributed by atoms with E-state index in [0.717, 1.165) is 11.3 Å². The van der Waals surface area contributed by atoms with Crippen molar-refractivity contribution < 1.29 is 5.11 Å². The van der Waals surface area contributed by atoms with Gasteiger partial charge < -0.3 is 16.6 Å². The predicted octanol–water partition coefficient (Wildman–Crippen LogP) is 0.933. The van der Waals surface area contributed by atoms with Crippen molar-refractivity contribution in [2.75, 3.05) is 12.3 Å². The van der Waals surface area contributed by atoms with Gasteiger partial charge in [-0.15, -0.1) is 0 Å². The van der Waals surface area contributed by atoms with Crippen LogP contribution in [0.2, 0.25) is 0 Å². The highest BCUT2D eigenvalue weighted by Gasteiger charge is 2.05. The normalized spacial score (nSPS) is 10.4. The molecule has 0 spiro atoms. The van der Waals surface area contributed by atoms with Gasteiger partial charge in [-0.2, -0.15) is 0 Å². The second-order valence-corrected chi connectivity index (χ2v) is 3.70. The minimum Gasteiger partial charge on any atom is -0.508 e. The molecule has 0 radical (unpaired) electrons. The molecule has 5 nitrogen and oxygen atoms in total. The Morgan fingerprint density at radius 2 is 2.00 bits per heavy atom. The van der Waals surface area contributed by atoms with E-state index in [1.54, 1.807) is 24.3 Å². The zero-order valence-corrected chi connectivity index (χ0v) is 9.30. The van der Waals surface area contributed by atoms with E-state index >= 15 is 0 Å². The Bertz CT molecular complexity index is 528. The molecule has 1 aromatic heterocycles. The minimum atomic E-state index is 0.175. The zero-order chi connectivity index (χ0) is 12.3. The van der Waals surface area contributed by atoms with Crippen molar-refractivity contribution in [2.45, 2.75) is 6.42 Å². The summed E-state index contributed by atoms with van der Waals surface area (Å²) in [4.78, 5) is 8.49. The van der Waals surface area contributed by atoms with Crippen LogP contribution < -0.4 is 11.5 Å². The maximum Gasteiger partial charge on any atom is 0.161 e. The van der Waals surface area contributed by atoms with Crippen LogP contribution >= 0.6 is 0 Å². The van der Waals surface area contributed by atoms with Gasteiger partial charge in [0.05, 0.1) is 0 Å². The highest BCUT2D eigenvalue weighted by atomic mass is 16.3. The molecule has 2 aromatic rings. The zero-order valence-electron chi connectivity index (χ0n) is 9.30. The molecule has 0 aliphatic heterocycles. The Morgan fingerprint density at radius 1 is 1.18 bits per heavy atom. The summed E-state index contributed by atoms with van der Waals surface area (Å²) in [5.74, 6) is 1.08. The van der Waals surface area contributed by atoms with Crippen LogP contribution in [-0.2, 0) is 6.42 Å². The Balaban J connectivity index is 2.44. The SMILES string of the molecule is NCCc1cc(N)nc(-c2cccc(O)c2)n1. The van der Waals surface area contributed by atoms with Crippen LogP contribution in [0, 0.1) is 0 Å². The molecule has 88 valence electrons. The lowest BCUT2D eigenvalue weighted by Gasteiger charge is -2.05. The second kappa shape index (κ2) is 4.80. The molecule has 2 rings (SSSR count). The smallest absolute Gasteiger partial charge is 0.161 e. The summed E-state index contributed by atoms with van der Waals surface area (Å²) in [5, 5.41) is 9.41. The fraction of sp³-hybridized carbons (Fsp3) is 0.167. The monoisotopic (exact) mass is 230 g/mol. The van der Waals surface area contributed by atoms with Crippen LogP contribution in [0.1, 0.15) is 5.69 Å². The van der Waals surface area contributed by atoms with E-state index in [1.807, 2.05) is 6.07 Å². The highest BCUT2D eigenvalue weighted by Crippen LogP contribution is 2.21. The fourth-order valence-corrected chi connectivity index (χ4v) is 1.57. The first-order chi connectivity index (χ1) is 8.19. The van der Waals surface area contributed by atoms with Crippen molar-refractivity contribution in [1.29, 1.82) is 0 Å². The molecular formula is C12H14N4O. The van der Waals surface area contributed by atoms with Crippen LogP contribution in [0.15, 0.2) is 30.3 Å². The minimum absolute atomic E-state index is 0.175. The largest absolute Gasteiger partial charge is 0.508 e. The van der Waals surface area contributed by atoms with Gasteiger partial charge in [-0.25, -0.2) is 9.97 Å². The molecule has 0 amide bonds. The van der Waals surface area contributed by atoms with Crippen LogP contribution in [0.25, 0.3) is 11.4 Å². The lowest BCUT2D eigenvalue weighted by Crippen LogP contribution is -2.07. The molecule has 0 fully saturated rings. The van der Waals surface area contributed by atoms with Gasteiger partial charge >= 0.3 is 0 Å². The van der Waals surface area contributed by atoms with Gasteiger partial charge in [0.1, 0.15) is 11.6 Å². The van der Waals surface area contributed by atoms with Gasteiger partial charge in [0.2, 0.25) is 0 Å². The second-order valence-electron chi connectivity index (χ2n) is 3.70. The third kappa shape index (κ3) is 2.70. The van der Waals surface area contributed by atoms with Gasteiger partial charge in [-0.3, -0.25) is 0 Å². The van der Waals surface area contributed by atoms with E-state index in [4.69, 9.17) is 11.5 Å². The van der Waals surface area contributed by atoms with E-state index < -0.39 is 0 Å². The molecule has 0 atom stereocenters. The molecule has 0 saturated heterocycles. The van der Waals surface area contributed by atoms with Crippen molar-refractivity contribution in [1.82, 2.24) is 9.97 Å². The lowest BCUT2D eigenvalue weighted by atomic mass is 10.2. The Morgan fingerprint density at radius 3 is 2.71 bits per heavy atom. The molecule has 0 aliphatic rings. The van der Waals surface area contributed by atoms with Gasteiger partial charge in [-0.05, 0) is 18.7 Å². The number of hydrogen-bond donors (Lipinski definition) is 3. The Kier molecular flexibility index (Phi) is 3.20. The first-order valence-electron chi connectivity index (χ1n) is 5.32. The number of aromatic hydroxyl groups is 1. The number of rotatable bonds is 3. The van der Waals surface area contributed by atoms with Crippen LogP contribution in [-0.4, -0.2) is 21.6 Å². The molecule has 0 unspecified atom stereocenters. The van der Waals surface area contributed by atoms with E-state index in [9.17, 15) is 5.11 Å². The number of nitrogens with zero attached hydrogens (tertiary/aromatic N) is 2. The summed E-state index contributed by atoms with van der Waals surface area (Å²) < 4.78 is 0. The quantitative estimate of drug-likeness (QED) is 0.728. The molecule has 0 saturated carbocycles. The topological polar surface area (TPSA) is 98.1 Å². The Labute approximate surface area is 99.1 Å². The van der Waals surface area contributed by atoms with E-state index in [0.29, 0.717) is 24.6 Å². The maximum absolute atomic E-state index is 9.41. The number of phenols is 1. The molecular weight excluding hydrogens is 216 g/mol. The summed E-state index contributed by atoms with van der Waals surface area (Å²) in [6.45, 7) is 0.510. The first kappa shape index (κ1) is 11.3. The Hall–Kier alpha value is -2.14. The average molecular weight is 230 g/mol. The van der Waals surface area contributed by atoms with Crippen LogP contribution in [0.3, 0.4) is 0 Å². The summed E-state index contributed by atoms with van der Waals surface area (Å²) in [6.07, 6.45) is 0.651. The van der Waals surface area contributed by atoms with E-state index in [1.165, 1.54) is 0 Å². The molecule has 5 N–H and O–H groups in total. The summed E-state index contributed by atoms with van der Waals surface area (Å²) >= 11 is 0. The molecule has 1 aromatic carbocycles. The van der Waals surface area contributed by atoms with Gasteiger partial charge in [0.25, 0.3) is 0 Å². The molecule has 17 heavy (non-hydrogen) atoms. The van der Waals surface area contributed by atoms with Crippen LogP contribution in [0.5, 0.6) is 5.75 Å². The number of nitrogens with two attached hydrogens (primary N) is 2. The van der Waals surface area contributed by atoms with Crippen molar-refractivity contribution in [2.24, 2.45) is 5.73 Å². The molecule has 5 heteroatoms. The van der Waals surface area contributed by atoms with Crippen molar-refractivity contribution in [3.8, 4) is 17.1 Å². The molecule has 0 aliphatic carbocycles. The lowest BCUT2D eigenvalue weighted by molar-refractivity contribution is 0.475. The van der Waals surface area contributed by atoms with Gasteiger partial charge in [-0.1, -0.05) is 12.1 Å². The summed E-state index contributed by atoms with van der Waals surface area (Å²) in [5.41, 5.74) is 12.7. The average Bonchev–Trinajstić information content (AvgIpc) is 2.28. The number of nitrogen functional groups attached to an aromatic ring is 1. The molecule has 0 bridgehead atoms. The highest BCUT2D eigenvalue weighted by molar-refractivity contribution is 5.59. The van der Waals surface area contributed by atoms with Crippen LogP contribution in [0.4, 0.5) is 5.82 Å². The standard InChI is InChI=1S/C12H14N4O/c13-5-4-9-7-11(14)16-12(15-9)8-2-1-3-10(17)6-8/h1-3,6-7,17H,4-5,13H2,(H2,14,15,16). The summed E-state index contributed by atoms with van der Waals surface area (Å²) in [6, 6.07) is 8.46. The van der Waals surface area contributed by atoms with Gasteiger partial charge in [0.15, 0.2) is 5.82 Å². The third-order valence-corrected chi connectivity index (χ3v) is 2.30. The number of phenolic OH excluding ortho intramolecular Hbond substituents is 1. The number of benzene rings is 1. The number of aromatic nitrogens is 2. The van der Waals surface area contributed by atoms with Gasteiger partial charge in [0, 0.05) is 23.7 Å². The van der Waals surface area contributed by atoms with Crippen molar-refractivity contribution in [3.05, 3.63) is 36.0 Å². The van der Waals surface area contributed by atoms with E-state index in [2.05, 4.69) is 9.97 Å². The van der Waals surface area contributed by atoms with Crippen molar-refractivity contribution in [3.63, 3.8) is 0 Å². The number of anilines is 1. The predicted molar refractivity (Wildman–Crippen MR) is 66.3 cm³/mol. The first-order valence-corrected chi connectivity index (χ1v) is 5.32.